The lowest BCUT2D eigenvalue weighted by Gasteiger charge is -2.17. The van der Waals surface area contributed by atoms with E-state index in [9.17, 15) is 19.2 Å². The van der Waals surface area contributed by atoms with Crippen LogP contribution in [-0.4, -0.2) is 115 Å². The number of carbonyl (C=O) groups is 4. The average Bonchev–Trinajstić information content (AvgIpc) is 1.62. The summed E-state index contributed by atoms with van der Waals surface area (Å²) in [7, 11) is 0. The van der Waals surface area contributed by atoms with Gasteiger partial charge in [0.05, 0.1) is 49.2 Å². The van der Waals surface area contributed by atoms with Crippen LogP contribution in [0.4, 0.5) is 19.2 Å². The van der Waals surface area contributed by atoms with Crippen molar-refractivity contribution in [3.05, 3.63) is 189 Å². The van der Waals surface area contributed by atoms with Gasteiger partial charge < -0.3 is 61.5 Å². The first-order valence-electron chi connectivity index (χ1n) is 51.4. The molecule has 20 nitrogen and oxygen atoms in total. The number of rotatable bonds is 70. The Morgan fingerprint density at radius 1 is 0.238 bits per heavy atom. The Hall–Kier alpha value is -9.98. The third kappa shape index (κ3) is 41.2. The highest BCUT2D eigenvalue weighted by molar-refractivity contribution is 6.16. The zero-order chi connectivity index (χ0) is 91.2. The molecule has 2 heterocycles. The number of hydrogen-bond acceptors (Lipinski definition) is 10. The van der Waals surface area contributed by atoms with Crippen molar-refractivity contribution in [3.63, 3.8) is 0 Å². The molecule has 6 aromatic carbocycles. The summed E-state index contributed by atoms with van der Waals surface area (Å²) in [5, 5.41) is 35.1. The number of nitrogens with zero attached hydrogens (tertiary/aromatic N) is 4. The average molecular weight is 1780 g/mol. The topological polar surface area (TPSA) is 254 Å². The molecule has 4 aliphatic carbocycles. The summed E-state index contributed by atoms with van der Waals surface area (Å²) < 4.78 is 25.1. The molecule has 12 rings (SSSR count). The van der Waals surface area contributed by atoms with Gasteiger partial charge in [0, 0.05) is 85.7 Å². The Morgan fingerprint density at radius 3 is 0.677 bits per heavy atom. The van der Waals surface area contributed by atoms with Crippen molar-refractivity contribution < 1.29 is 38.1 Å². The minimum Gasteiger partial charge on any atom is -0.494 e. The molecule has 6 aromatic rings. The molecule has 130 heavy (non-hydrogen) atoms. The van der Waals surface area contributed by atoms with Crippen LogP contribution in [0.25, 0.3) is 22.8 Å². The van der Waals surface area contributed by atoms with Crippen LogP contribution in [0.5, 0.6) is 23.0 Å². The lowest BCUT2D eigenvalue weighted by Crippen LogP contribution is -2.36. The number of amidine groups is 2. The number of aliphatic imine (C=N–C) groups is 2. The lowest BCUT2D eigenvalue weighted by atomic mass is 9.90. The minimum atomic E-state index is -0.135. The molecule has 6 aliphatic rings. The van der Waals surface area contributed by atoms with E-state index >= 15 is 0 Å². The number of benzene rings is 6. The summed E-state index contributed by atoms with van der Waals surface area (Å²) >= 11 is 0. The van der Waals surface area contributed by atoms with Crippen LogP contribution >= 0.6 is 0 Å². The summed E-state index contributed by atoms with van der Waals surface area (Å²) in [6, 6.07) is 45.4. The normalized spacial score (nSPS) is 12.8. The van der Waals surface area contributed by atoms with E-state index in [1.807, 2.05) is 48.5 Å². The van der Waals surface area contributed by atoms with Crippen LogP contribution in [0.2, 0.25) is 0 Å². The molecule has 0 aromatic heterocycles. The third-order valence-corrected chi connectivity index (χ3v) is 24.8. The van der Waals surface area contributed by atoms with Gasteiger partial charge in [-0.15, -0.1) is 0 Å². The SMILES string of the molecule is CCCCCCCCCCCCNC(=O)NCCCOc1ccc(C2=C(c3ccc(OCCCNC(=O)NCCCCCCCCCCCC)cc3)N=C(c3cc4ccc3CCc3ccc(cc3C3=NC(c5ccc(OCCCNC(=O)NCCCCCCCCCCCC)cc5)=C(c5ccc(OCCCNC(=O)NCCCCCCCCCCCC)cc5)[N]3)CC4)[N]2)cc1. The Balaban J connectivity index is 0.839. The summed E-state index contributed by atoms with van der Waals surface area (Å²) in [5.74, 6) is 4.19. The maximum Gasteiger partial charge on any atom is 0.314 e. The Kier molecular flexibility index (Phi) is 51.7. The van der Waals surface area contributed by atoms with Crippen molar-refractivity contribution in [2.45, 2.75) is 336 Å². The molecule has 8 N–H and O–H groups in total. The fourth-order valence-electron chi connectivity index (χ4n) is 16.9. The summed E-state index contributed by atoms with van der Waals surface area (Å²) in [5.41, 5.74) is 13.2. The monoisotopic (exact) mass is 1780 g/mol. The van der Waals surface area contributed by atoms with Crippen molar-refractivity contribution in [3.8, 4) is 23.0 Å². The fraction of sp³-hybridized carbons (Fsp3) is 0.582. The molecule has 0 saturated heterocycles. The standard InChI is InChI=1S/C110H162N12O8/c1-5-9-13-17-21-25-29-33-37-41-73-111-107(123)115-77-45-81-127-95-65-57-91(58-66-95)101-102(92-59-67-96(68-60-92)128-82-46-78-116-108(124)112-74-42-38-34-30-26-22-18-14-10-6-2)120-105(119-101)99-85-87-49-50-88-52-54-90(56-55-89(99)53-51-87)100(86-88)106-121-103(93-61-69-97(70-62-93)129-83-47-79-117-109(125)113-75-43-39-35-31-27-23-19-15-11-7-3)104(122-106)94-63-71-98(72-64-94)130-84-48-80-118-110(126)114-76-44-40-36-32-28-24-20-16-12-8-4/h51-54,57-72,85-86H,5-50,55-56,73-84H2,1-4H3,(H2,111,115,123)(H2,112,116,124)(H2,113,117,125)(H2,114,118,126). The molecular formula is C110H162N12O8. The molecule has 4 bridgehead atoms. The van der Waals surface area contributed by atoms with Crippen LogP contribution < -0.4 is 72.1 Å². The molecule has 0 atom stereocenters. The second kappa shape index (κ2) is 64.7. The van der Waals surface area contributed by atoms with Gasteiger partial charge in [-0.1, -0.05) is 283 Å². The minimum absolute atomic E-state index is 0.135. The fourth-order valence-corrected chi connectivity index (χ4v) is 16.9. The van der Waals surface area contributed by atoms with Gasteiger partial charge in [-0.25, -0.2) is 39.8 Å². The Morgan fingerprint density at radius 2 is 0.446 bits per heavy atom. The number of carbonyl (C=O) groups excluding carboxylic acids is 4. The molecule has 0 unspecified atom stereocenters. The molecule has 0 saturated carbocycles. The van der Waals surface area contributed by atoms with Gasteiger partial charge in [0.15, 0.2) is 11.7 Å². The van der Waals surface area contributed by atoms with E-state index in [2.05, 4.69) is 155 Å². The maximum atomic E-state index is 12.7. The Labute approximate surface area is 782 Å². The zero-order valence-electron chi connectivity index (χ0n) is 80.2. The summed E-state index contributed by atoms with van der Waals surface area (Å²) in [6.07, 6.45) is 55.9. The second-order valence-corrected chi connectivity index (χ2v) is 35.8. The molecule has 8 amide bonds. The molecule has 710 valence electrons. The van der Waals surface area contributed by atoms with Crippen molar-refractivity contribution in [2.75, 3.05) is 78.8 Å². The number of unbranched alkanes of at least 4 members (excludes halogenated alkanes) is 36. The van der Waals surface area contributed by atoms with Gasteiger partial charge >= 0.3 is 24.1 Å². The second-order valence-electron chi connectivity index (χ2n) is 35.8. The number of nitrogens with one attached hydrogen (secondary N) is 8. The van der Waals surface area contributed by atoms with Crippen LogP contribution in [0, 0.1) is 0 Å². The first kappa shape index (κ1) is 104. The van der Waals surface area contributed by atoms with Crippen LogP contribution in [0.15, 0.2) is 143 Å². The van der Waals surface area contributed by atoms with Crippen LogP contribution in [0.3, 0.4) is 0 Å². The first-order chi connectivity index (χ1) is 64.1. The van der Waals surface area contributed by atoms with Crippen molar-refractivity contribution in [1.29, 1.82) is 0 Å². The van der Waals surface area contributed by atoms with E-state index in [4.69, 9.17) is 39.6 Å². The van der Waals surface area contributed by atoms with Gasteiger partial charge in [-0.3, -0.25) is 0 Å². The van der Waals surface area contributed by atoms with Gasteiger partial charge in [-0.05, 0) is 208 Å². The largest absolute Gasteiger partial charge is 0.494 e. The van der Waals surface area contributed by atoms with E-state index in [1.165, 1.54) is 217 Å². The first-order valence-corrected chi connectivity index (χ1v) is 51.4. The highest BCUT2D eigenvalue weighted by atomic mass is 16.5. The lowest BCUT2D eigenvalue weighted by molar-refractivity contribution is 0.238. The quantitative estimate of drug-likeness (QED) is 0.0170. The van der Waals surface area contributed by atoms with E-state index in [0.717, 1.165) is 155 Å². The van der Waals surface area contributed by atoms with Crippen molar-refractivity contribution in [1.82, 2.24) is 53.2 Å². The van der Waals surface area contributed by atoms with Crippen molar-refractivity contribution >= 4 is 58.6 Å². The van der Waals surface area contributed by atoms with E-state index in [0.29, 0.717) is 129 Å². The highest BCUT2D eigenvalue weighted by Crippen LogP contribution is 2.38. The number of amides is 8. The molecule has 0 spiro atoms. The van der Waals surface area contributed by atoms with Gasteiger partial charge in [0.2, 0.25) is 0 Å². The zero-order valence-corrected chi connectivity index (χ0v) is 80.2. The van der Waals surface area contributed by atoms with Crippen LogP contribution in [-0.2, 0) is 25.7 Å². The van der Waals surface area contributed by atoms with Crippen molar-refractivity contribution in [2.24, 2.45) is 9.98 Å². The third-order valence-electron chi connectivity index (χ3n) is 24.8. The molecular weight excluding hydrogens is 1620 g/mol. The van der Waals surface area contributed by atoms with Crippen LogP contribution in [0.1, 0.15) is 366 Å². The highest BCUT2D eigenvalue weighted by Gasteiger charge is 2.29. The summed E-state index contributed by atoms with van der Waals surface area (Å²) in [4.78, 5) is 61.6. The smallest absolute Gasteiger partial charge is 0.314 e. The van der Waals surface area contributed by atoms with E-state index in [1.54, 1.807) is 0 Å². The molecule has 0 fully saturated rings. The van der Waals surface area contributed by atoms with E-state index in [-0.39, 0.29) is 24.1 Å². The number of aryl methyl sites for hydroxylation is 4. The number of hydrogen-bond donors (Lipinski definition) is 8. The number of ether oxygens (including phenoxy) is 4. The van der Waals surface area contributed by atoms with Gasteiger partial charge in [0.1, 0.15) is 23.0 Å². The molecule has 20 heteroatoms. The Bertz CT molecular complexity index is 4020. The molecule has 2 aliphatic heterocycles. The van der Waals surface area contributed by atoms with E-state index < -0.39 is 0 Å². The maximum absolute atomic E-state index is 12.7. The summed E-state index contributed by atoms with van der Waals surface area (Å²) in [6.45, 7) is 15.6. The number of urea groups is 4. The predicted molar refractivity (Wildman–Crippen MR) is 538 cm³/mol. The van der Waals surface area contributed by atoms with Gasteiger partial charge in [0.25, 0.3) is 0 Å². The van der Waals surface area contributed by atoms with Gasteiger partial charge in [-0.2, -0.15) is 0 Å². The predicted octanol–water partition coefficient (Wildman–Crippen LogP) is 25.3. The molecule has 2 radical (unpaired) electrons.